The highest BCUT2D eigenvalue weighted by Crippen LogP contribution is 2.27. The van der Waals surface area contributed by atoms with Gasteiger partial charge < -0.3 is 20.1 Å². The van der Waals surface area contributed by atoms with Crippen LogP contribution in [0.1, 0.15) is 17.5 Å². The predicted molar refractivity (Wildman–Crippen MR) is 150 cm³/mol. The van der Waals surface area contributed by atoms with Crippen molar-refractivity contribution in [1.82, 2.24) is 19.8 Å². The highest BCUT2D eigenvalue weighted by Gasteiger charge is 2.17. The van der Waals surface area contributed by atoms with Crippen LogP contribution in [-0.2, 0) is 35.6 Å². The zero-order valence-corrected chi connectivity index (χ0v) is 22.6. The van der Waals surface area contributed by atoms with Gasteiger partial charge in [0.25, 0.3) is 5.56 Å². The van der Waals surface area contributed by atoms with E-state index in [2.05, 4.69) is 10.6 Å². The number of carbonyl (C=O) groups is 2. The van der Waals surface area contributed by atoms with Crippen LogP contribution in [0.3, 0.4) is 0 Å². The van der Waals surface area contributed by atoms with E-state index in [1.165, 1.54) is 15.9 Å². The van der Waals surface area contributed by atoms with Gasteiger partial charge >= 0.3 is 5.69 Å². The Morgan fingerprint density at radius 3 is 2.38 bits per heavy atom. The van der Waals surface area contributed by atoms with Crippen LogP contribution in [-0.4, -0.2) is 41.7 Å². The van der Waals surface area contributed by atoms with Crippen LogP contribution < -0.4 is 31.4 Å². The van der Waals surface area contributed by atoms with E-state index in [9.17, 15) is 19.2 Å². The summed E-state index contributed by atoms with van der Waals surface area (Å²) in [5.41, 5.74) is 1.20. The summed E-state index contributed by atoms with van der Waals surface area (Å²) in [6, 6.07) is 16.6. The summed E-state index contributed by atoms with van der Waals surface area (Å²) in [5, 5.41) is 7.33. The zero-order chi connectivity index (χ0) is 27.8. The largest absolute Gasteiger partial charge is 0.493 e. The van der Waals surface area contributed by atoms with E-state index in [0.717, 1.165) is 15.7 Å². The van der Waals surface area contributed by atoms with Gasteiger partial charge in [0.15, 0.2) is 11.5 Å². The fourth-order valence-corrected chi connectivity index (χ4v) is 5.01. The third-order valence-corrected chi connectivity index (χ3v) is 7.11. The van der Waals surface area contributed by atoms with Crippen molar-refractivity contribution in [3.05, 3.63) is 91.9 Å². The van der Waals surface area contributed by atoms with Crippen molar-refractivity contribution in [1.29, 1.82) is 0 Å². The first-order valence-corrected chi connectivity index (χ1v) is 13.3. The van der Waals surface area contributed by atoms with E-state index in [4.69, 9.17) is 9.47 Å². The number of nitrogens with one attached hydrogen (secondary N) is 2. The number of rotatable bonds is 12. The number of amides is 2. The SMILES string of the molecule is COc1ccc(CCNC(=O)Cn2c(=O)n(CCC(=O)NCc3ccccc3)c(=O)c3sccc32)cc1OC. The molecule has 4 rings (SSSR count). The number of aromatic nitrogens is 2. The van der Waals surface area contributed by atoms with Gasteiger partial charge in [-0.3, -0.25) is 23.5 Å². The van der Waals surface area contributed by atoms with Crippen LogP contribution in [0.4, 0.5) is 0 Å². The lowest BCUT2D eigenvalue weighted by molar-refractivity contribution is -0.122. The van der Waals surface area contributed by atoms with Gasteiger partial charge in [-0.25, -0.2) is 4.79 Å². The van der Waals surface area contributed by atoms with Crippen LogP contribution in [0.2, 0.25) is 0 Å². The van der Waals surface area contributed by atoms with E-state index in [0.29, 0.717) is 41.2 Å². The molecule has 0 aliphatic heterocycles. The second-order valence-corrected chi connectivity index (χ2v) is 9.68. The van der Waals surface area contributed by atoms with E-state index in [1.54, 1.807) is 31.7 Å². The lowest BCUT2D eigenvalue weighted by atomic mass is 10.1. The number of ether oxygens (including phenoxy) is 2. The van der Waals surface area contributed by atoms with Crippen LogP contribution >= 0.6 is 11.3 Å². The standard InChI is InChI=1S/C28H30N4O6S/c1-37-22-9-8-19(16-23(22)38-2)10-13-29-25(34)18-32-21-12-15-39-26(21)27(35)31(28(32)36)14-11-24(33)30-17-20-6-4-3-5-7-20/h3-9,12,15-16H,10-11,13-14,17-18H2,1-2H3,(H,29,34)(H,30,33). The Labute approximate surface area is 228 Å². The summed E-state index contributed by atoms with van der Waals surface area (Å²) < 4.78 is 13.2. The Hall–Kier alpha value is -4.38. The maximum absolute atomic E-state index is 13.2. The second kappa shape index (κ2) is 12.9. The summed E-state index contributed by atoms with van der Waals surface area (Å²) >= 11 is 1.19. The Bertz CT molecular complexity index is 1570. The topological polar surface area (TPSA) is 121 Å². The predicted octanol–water partition coefficient (Wildman–Crippen LogP) is 2.31. The summed E-state index contributed by atoms with van der Waals surface area (Å²) in [6.45, 7) is 0.356. The molecule has 0 fully saturated rings. The summed E-state index contributed by atoms with van der Waals surface area (Å²) in [6.07, 6.45) is 0.503. The average molecular weight is 551 g/mol. The van der Waals surface area contributed by atoms with Crippen LogP contribution in [0.5, 0.6) is 11.5 Å². The van der Waals surface area contributed by atoms with Gasteiger partial charge in [-0.2, -0.15) is 0 Å². The molecule has 0 spiro atoms. The molecule has 0 saturated carbocycles. The molecule has 0 atom stereocenters. The van der Waals surface area contributed by atoms with Gasteiger partial charge in [-0.1, -0.05) is 36.4 Å². The minimum Gasteiger partial charge on any atom is -0.493 e. The van der Waals surface area contributed by atoms with Crippen LogP contribution in [0, 0.1) is 0 Å². The summed E-state index contributed by atoms with van der Waals surface area (Å²) in [4.78, 5) is 51.4. The molecular weight excluding hydrogens is 520 g/mol. The van der Waals surface area contributed by atoms with Crippen molar-refractivity contribution in [2.75, 3.05) is 20.8 Å². The molecule has 204 valence electrons. The molecule has 11 heteroatoms. The lowest BCUT2D eigenvalue weighted by Gasteiger charge is -2.13. The van der Waals surface area contributed by atoms with Gasteiger partial charge in [-0.05, 0) is 41.1 Å². The highest BCUT2D eigenvalue weighted by molar-refractivity contribution is 7.17. The Morgan fingerprint density at radius 2 is 1.64 bits per heavy atom. The molecule has 0 bridgehead atoms. The first-order valence-electron chi connectivity index (χ1n) is 12.4. The average Bonchev–Trinajstić information content (AvgIpc) is 3.45. The first-order chi connectivity index (χ1) is 18.9. The maximum atomic E-state index is 13.2. The monoisotopic (exact) mass is 550 g/mol. The number of hydrogen-bond acceptors (Lipinski definition) is 7. The fraction of sp³-hybridized carbons (Fsp3) is 0.286. The van der Waals surface area contributed by atoms with Crippen molar-refractivity contribution < 1.29 is 19.1 Å². The molecule has 0 saturated heterocycles. The van der Waals surface area contributed by atoms with Gasteiger partial charge in [0.2, 0.25) is 11.8 Å². The Balaban J connectivity index is 1.41. The molecule has 2 heterocycles. The molecule has 2 amide bonds. The van der Waals surface area contributed by atoms with Crippen molar-refractivity contribution in [2.45, 2.75) is 32.5 Å². The molecule has 4 aromatic rings. The molecule has 2 aromatic heterocycles. The molecule has 0 unspecified atom stereocenters. The van der Waals surface area contributed by atoms with E-state index >= 15 is 0 Å². The molecule has 0 radical (unpaired) electrons. The number of nitrogens with zero attached hydrogens (tertiary/aromatic N) is 2. The zero-order valence-electron chi connectivity index (χ0n) is 21.8. The normalized spacial score (nSPS) is 10.8. The minimum absolute atomic E-state index is 0.0453. The van der Waals surface area contributed by atoms with E-state index < -0.39 is 11.2 Å². The van der Waals surface area contributed by atoms with Crippen molar-refractivity contribution in [3.63, 3.8) is 0 Å². The molecule has 39 heavy (non-hydrogen) atoms. The lowest BCUT2D eigenvalue weighted by Crippen LogP contribution is -2.43. The number of fused-ring (bicyclic) bond motifs is 1. The molecule has 2 aromatic carbocycles. The maximum Gasteiger partial charge on any atom is 0.332 e. The number of carbonyl (C=O) groups excluding carboxylic acids is 2. The summed E-state index contributed by atoms with van der Waals surface area (Å²) in [5.74, 6) is 0.573. The molecule has 0 aliphatic carbocycles. The van der Waals surface area contributed by atoms with Gasteiger partial charge in [0.1, 0.15) is 11.2 Å². The van der Waals surface area contributed by atoms with Crippen molar-refractivity contribution >= 4 is 33.4 Å². The summed E-state index contributed by atoms with van der Waals surface area (Å²) in [7, 11) is 3.12. The van der Waals surface area contributed by atoms with Gasteiger partial charge in [-0.15, -0.1) is 11.3 Å². The fourth-order valence-electron chi connectivity index (χ4n) is 4.16. The molecule has 10 nitrogen and oxygen atoms in total. The number of hydrogen-bond donors (Lipinski definition) is 2. The molecular formula is C28H30N4O6S. The number of thiophene rings is 1. The quantitative estimate of drug-likeness (QED) is 0.279. The van der Waals surface area contributed by atoms with Gasteiger partial charge in [0.05, 0.1) is 19.7 Å². The van der Waals surface area contributed by atoms with Crippen LogP contribution in [0.15, 0.2) is 69.6 Å². The minimum atomic E-state index is -0.628. The second-order valence-electron chi connectivity index (χ2n) is 8.76. The first kappa shape index (κ1) is 27.6. The third kappa shape index (κ3) is 6.74. The highest BCUT2D eigenvalue weighted by atomic mass is 32.1. The van der Waals surface area contributed by atoms with E-state index in [-0.39, 0.29) is 31.3 Å². The number of benzene rings is 2. The van der Waals surface area contributed by atoms with E-state index in [1.807, 2.05) is 42.5 Å². The van der Waals surface area contributed by atoms with Gasteiger partial charge in [0, 0.05) is 26.1 Å². The Morgan fingerprint density at radius 1 is 0.872 bits per heavy atom. The molecule has 0 aliphatic rings. The van der Waals surface area contributed by atoms with Crippen molar-refractivity contribution in [3.8, 4) is 11.5 Å². The number of methoxy groups -OCH3 is 2. The van der Waals surface area contributed by atoms with Crippen LogP contribution in [0.25, 0.3) is 10.2 Å². The smallest absolute Gasteiger partial charge is 0.332 e. The Kier molecular flexibility index (Phi) is 9.16. The van der Waals surface area contributed by atoms with Crippen molar-refractivity contribution in [2.24, 2.45) is 0 Å². The molecule has 2 N–H and O–H groups in total. The third-order valence-electron chi connectivity index (χ3n) is 6.22.